The first-order chi connectivity index (χ1) is 7.81. The number of hydrogen-bond donors (Lipinski definition) is 0. The van der Waals surface area contributed by atoms with Gasteiger partial charge >= 0.3 is 0 Å². The molecule has 2 aliphatic rings. The fraction of sp³-hybridized carbons (Fsp3) is 0.250. The second-order valence-corrected chi connectivity index (χ2v) is 4.98. The van der Waals surface area contributed by atoms with Gasteiger partial charge in [0.25, 0.3) is 0 Å². The maximum atomic E-state index is 5.31. The Morgan fingerprint density at radius 3 is 2.94 bits per heavy atom. The third kappa shape index (κ3) is 1.80. The zero-order valence-electron chi connectivity index (χ0n) is 8.90. The van der Waals surface area contributed by atoms with Crippen LogP contribution in [0.5, 0.6) is 11.5 Å². The molecule has 1 aromatic rings. The normalized spacial score (nSPS) is 20.3. The molecule has 1 aromatic carbocycles. The quantitative estimate of drug-likeness (QED) is 0.744. The molecule has 16 heavy (non-hydrogen) atoms. The van der Waals surface area contributed by atoms with Gasteiger partial charge in [-0.25, -0.2) is 4.99 Å². The summed E-state index contributed by atoms with van der Waals surface area (Å²) in [6, 6.07) is 5.78. The van der Waals surface area contributed by atoms with Gasteiger partial charge in [0.1, 0.15) is 0 Å². The Bertz CT molecular complexity index is 494. The Labute approximate surface area is 98.2 Å². The number of fused-ring (bicyclic) bond motifs is 1. The van der Waals surface area contributed by atoms with Crippen LogP contribution in [-0.4, -0.2) is 11.8 Å². The molecular weight excluding hydrogens is 222 g/mol. The third-order valence-corrected chi connectivity index (χ3v) is 3.44. The van der Waals surface area contributed by atoms with E-state index in [2.05, 4.69) is 18.0 Å². The maximum absolute atomic E-state index is 5.31. The van der Waals surface area contributed by atoms with Gasteiger partial charge in [0.05, 0.1) is 10.7 Å². The number of aliphatic imine (C=N–C) groups is 1. The van der Waals surface area contributed by atoms with E-state index in [4.69, 9.17) is 9.47 Å². The highest BCUT2D eigenvalue weighted by molar-refractivity contribution is 8.17. The Kier molecular flexibility index (Phi) is 2.36. The minimum atomic E-state index is 0.310. The van der Waals surface area contributed by atoms with Crippen molar-refractivity contribution in [3.05, 3.63) is 29.2 Å². The van der Waals surface area contributed by atoms with Crippen LogP contribution in [0.25, 0.3) is 0 Å². The van der Waals surface area contributed by atoms with E-state index in [1.54, 1.807) is 11.8 Å². The molecule has 3 rings (SSSR count). The lowest BCUT2D eigenvalue weighted by atomic mass is 10.3. The zero-order valence-corrected chi connectivity index (χ0v) is 9.71. The maximum Gasteiger partial charge on any atom is 0.231 e. The molecule has 0 aromatic heterocycles. The van der Waals surface area contributed by atoms with E-state index in [-0.39, 0.29) is 0 Å². The van der Waals surface area contributed by atoms with Crippen molar-refractivity contribution in [1.29, 1.82) is 0 Å². The smallest absolute Gasteiger partial charge is 0.231 e. The van der Waals surface area contributed by atoms with Gasteiger partial charge in [0, 0.05) is 12.5 Å². The molecule has 82 valence electrons. The SMILES string of the molecule is CC1=CCC(=Nc2ccc3c(c2)OCO3)S1. The molecule has 0 bridgehead atoms. The van der Waals surface area contributed by atoms with E-state index >= 15 is 0 Å². The summed E-state index contributed by atoms with van der Waals surface area (Å²) in [7, 11) is 0. The molecule has 0 atom stereocenters. The van der Waals surface area contributed by atoms with Crippen LogP contribution in [0.15, 0.2) is 34.2 Å². The Morgan fingerprint density at radius 2 is 2.12 bits per heavy atom. The zero-order chi connectivity index (χ0) is 11.0. The summed E-state index contributed by atoms with van der Waals surface area (Å²) < 4.78 is 10.6. The topological polar surface area (TPSA) is 30.8 Å². The molecule has 0 unspecified atom stereocenters. The van der Waals surface area contributed by atoms with Gasteiger partial charge in [0.15, 0.2) is 11.5 Å². The lowest BCUT2D eigenvalue weighted by molar-refractivity contribution is 0.174. The number of hydrogen-bond acceptors (Lipinski definition) is 4. The average Bonchev–Trinajstić information content (AvgIpc) is 2.87. The molecule has 2 aliphatic heterocycles. The van der Waals surface area contributed by atoms with Crippen LogP contribution in [0.3, 0.4) is 0 Å². The van der Waals surface area contributed by atoms with Crippen LogP contribution in [0.1, 0.15) is 13.3 Å². The second kappa shape index (κ2) is 3.87. The minimum Gasteiger partial charge on any atom is -0.454 e. The summed E-state index contributed by atoms with van der Waals surface area (Å²) >= 11 is 1.73. The minimum absolute atomic E-state index is 0.310. The number of rotatable bonds is 1. The molecule has 0 saturated carbocycles. The van der Waals surface area contributed by atoms with E-state index in [0.29, 0.717) is 6.79 Å². The molecule has 0 amide bonds. The average molecular weight is 233 g/mol. The molecule has 0 N–H and O–H groups in total. The molecule has 3 nitrogen and oxygen atoms in total. The van der Waals surface area contributed by atoms with E-state index in [1.165, 1.54) is 4.91 Å². The molecule has 2 heterocycles. The van der Waals surface area contributed by atoms with E-state index in [0.717, 1.165) is 28.7 Å². The Balaban J connectivity index is 1.86. The Morgan fingerprint density at radius 1 is 1.25 bits per heavy atom. The highest BCUT2D eigenvalue weighted by atomic mass is 32.2. The standard InChI is InChI=1S/C12H11NO2S/c1-8-2-5-12(16-8)13-9-3-4-10-11(6-9)15-7-14-10/h2-4,6H,5,7H2,1H3. The first kappa shape index (κ1) is 9.78. The van der Waals surface area contributed by atoms with Gasteiger partial charge < -0.3 is 9.47 Å². The van der Waals surface area contributed by atoms with Crippen molar-refractivity contribution in [1.82, 2.24) is 0 Å². The van der Waals surface area contributed by atoms with Gasteiger partial charge in [-0.1, -0.05) is 17.8 Å². The van der Waals surface area contributed by atoms with Crippen LogP contribution in [-0.2, 0) is 0 Å². The summed E-state index contributed by atoms with van der Waals surface area (Å²) in [5.41, 5.74) is 0.926. The fourth-order valence-corrected chi connectivity index (χ4v) is 2.52. The van der Waals surface area contributed by atoms with E-state index in [1.807, 2.05) is 18.2 Å². The van der Waals surface area contributed by atoms with E-state index < -0.39 is 0 Å². The van der Waals surface area contributed by atoms with Gasteiger partial charge in [-0.2, -0.15) is 0 Å². The molecule has 0 radical (unpaired) electrons. The lowest BCUT2D eigenvalue weighted by Crippen LogP contribution is -1.92. The highest BCUT2D eigenvalue weighted by Crippen LogP contribution is 2.36. The lowest BCUT2D eigenvalue weighted by Gasteiger charge is -1.99. The summed E-state index contributed by atoms with van der Waals surface area (Å²) in [6.07, 6.45) is 3.13. The van der Waals surface area contributed by atoms with Crippen LogP contribution < -0.4 is 9.47 Å². The summed E-state index contributed by atoms with van der Waals surface area (Å²) in [5, 5.41) is 1.14. The summed E-state index contributed by atoms with van der Waals surface area (Å²) in [4.78, 5) is 5.90. The molecule has 0 aliphatic carbocycles. The summed E-state index contributed by atoms with van der Waals surface area (Å²) in [6.45, 7) is 2.41. The van der Waals surface area contributed by atoms with Gasteiger partial charge in [-0.05, 0) is 24.0 Å². The second-order valence-electron chi connectivity index (χ2n) is 3.66. The first-order valence-corrected chi connectivity index (χ1v) is 5.95. The highest BCUT2D eigenvalue weighted by Gasteiger charge is 2.14. The fourth-order valence-electron chi connectivity index (χ4n) is 1.67. The number of ether oxygens (including phenoxy) is 2. The van der Waals surface area contributed by atoms with Crippen molar-refractivity contribution >= 4 is 22.5 Å². The predicted molar refractivity (Wildman–Crippen MR) is 65.6 cm³/mol. The van der Waals surface area contributed by atoms with Crippen molar-refractivity contribution in [3.8, 4) is 11.5 Å². The van der Waals surface area contributed by atoms with E-state index in [9.17, 15) is 0 Å². The van der Waals surface area contributed by atoms with Crippen molar-refractivity contribution in [3.63, 3.8) is 0 Å². The number of allylic oxidation sites excluding steroid dienone is 2. The van der Waals surface area contributed by atoms with Crippen molar-refractivity contribution < 1.29 is 9.47 Å². The van der Waals surface area contributed by atoms with Crippen LogP contribution in [0.4, 0.5) is 5.69 Å². The molecule has 4 heteroatoms. The largest absolute Gasteiger partial charge is 0.454 e. The number of nitrogens with zero attached hydrogens (tertiary/aromatic N) is 1. The van der Waals surface area contributed by atoms with Crippen LogP contribution >= 0.6 is 11.8 Å². The van der Waals surface area contributed by atoms with Crippen molar-refractivity contribution in [2.75, 3.05) is 6.79 Å². The molecular formula is C12H11NO2S. The van der Waals surface area contributed by atoms with Crippen molar-refractivity contribution in [2.45, 2.75) is 13.3 Å². The summed E-state index contributed by atoms with van der Waals surface area (Å²) in [5.74, 6) is 1.59. The molecule has 0 spiro atoms. The van der Waals surface area contributed by atoms with Gasteiger partial charge in [-0.3, -0.25) is 0 Å². The van der Waals surface area contributed by atoms with Gasteiger partial charge in [0.2, 0.25) is 6.79 Å². The monoisotopic (exact) mass is 233 g/mol. The Hall–Kier alpha value is -1.42. The third-order valence-electron chi connectivity index (χ3n) is 2.45. The van der Waals surface area contributed by atoms with Gasteiger partial charge in [-0.15, -0.1) is 0 Å². The van der Waals surface area contributed by atoms with Crippen molar-refractivity contribution in [2.24, 2.45) is 4.99 Å². The first-order valence-electron chi connectivity index (χ1n) is 5.13. The van der Waals surface area contributed by atoms with Crippen LogP contribution in [0.2, 0.25) is 0 Å². The predicted octanol–water partition coefficient (Wildman–Crippen LogP) is 3.49. The molecule has 0 saturated heterocycles. The molecule has 0 fully saturated rings. The van der Waals surface area contributed by atoms with Crippen LogP contribution in [0, 0.1) is 0 Å². The number of thioether (sulfide) groups is 1. The number of benzene rings is 1.